The molecule has 150 valence electrons. The van der Waals surface area contributed by atoms with Gasteiger partial charge in [0.05, 0.1) is 13.2 Å². The van der Waals surface area contributed by atoms with Crippen LogP contribution < -0.4 is 9.47 Å². The van der Waals surface area contributed by atoms with Crippen molar-refractivity contribution in [1.82, 2.24) is 0 Å². The molecule has 0 aliphatic heterocycles. The molecule has 2 heteroatoms. The van der Waals surface area contributed by atoms with Crippen LogP contribution in [-0.4, -0.2) is 13.2 Å². The molecule has 0 saturated heterocycles. The second-order valence-electron chi connectivity index (χ2n) is 7.65. The molecule has 3 aromatic rings. The largest absolute Gasteiger partial charge is 0.494 e. The van der Waals surface area contributed by atoms with Gasteiger partial charge in [-0.15, -0.1) is 0 Å². The molecule has 3 rings (SSSR count). The van der Waals surface area contributed by atoms with Crippen LogP contribution in [0.2, 0.25) is 0 Å². The zero-order valence-electron chi connectivity index (χ0n) is 17.5. The van der Waals surface area contributed by atoms with Crippen molar-refractivity contribution in [2.75, 3.05) is 13.2 Å². The van der Waals surface area contributed by atoms with Crippen LogP contribution in [-0.2, 0) is 0 Å². The number of benzene rings is 3. The van der Waals surface area contributed by atoms with Crippen LogP contribution in [0.5, 0.6) is 11.5 Å². The van der Waals surface area contributed by atoms with Gasteiger partial charge >= 0.3 is 0 Å². The van der Waals surface area contributed by atoms with Gasteiger partial charge in [-0.05, 0) is 58.7 Å². The summed E-state index contributed by atoms with van der Waals surface area (Å²) in [4.78, 5) is 0. The summed E-state index contributed by atoms with van der Waals surface area (Å²) in [5, 5.41) is 4.99. The average molecular weight is 379 g/mol. The molecule has 0 unspecified atom stereocenters. The first kappa shape index (κ1) is 20.5. The zero-order chi connectivity index (χ0) is 19.6. The van der Waals surface area contributed by atoms with Crippen LogP contribution in [0.3, 0.4) is 0 Å². The Balaban J connectivity index is 1.66. The normalized spacial score (nSPS) is 11.2. The van der Waals surface area contributed by atoms with Crippen LogP contribution in [0, 0.1) is 0 Å². The van der Waals surface area contributed by atoms with Crippen LogP contribution in [0.4, 0.5) is 0 Å². The Morgan fingerprint density at radius 1 is 0.536 bits per heavy atom. The van der Waals surface area contributed by atoms with Gasteiger partial charge < -0.3 is 9.47 Å². The molecule has 0 atom stereocenters. The number of hydrogen-bond donors (Lipinski definition) is 0. The summed E-state index contributed by atoms with van der Waals surface area (Å²) < 4.78 is 11.9. The summed E-state index contributed by atoms with van der Waals surface area (Å²) in [7, 11) is 0. The summed E-state index contributed by atoms with van der Waals surface area (Å²) >= 11 is 0. The molecule has 0 bridgehead atoms. The number of hydrogen-bond acceptors (Lipinski definition) is 2. The minimum atomic E-state index is 0.804. The van der Waals surface area contributed by atoms with E-state index in [0.29, 0.717) is 0 Å². The second kappa shape index (κ2) is 10.9. The van der Waals surface area contributed by atoms with E-state index in [0.717, 1.165) is 37.6 Å². The molecule has 0 amide bonds. The molecular formula is C26H34O2. The maximum Gasteiger partial charge on any atom is 0.119 e. The Morgan fingerprint density at radius 2 is 1.00 bits per heavy atom. The van der Waals surface area contributed by atoms with E-state index in [2.05, 4.69) is 62.4 Å². The Hall–Kier alpha value is -2.22. The third-order valence-electron chi connectivity index (χ3n) is 5.31. The van der Waals surface area contributed by atoms with Crippen molar-refractivity contribution < 1.29 is 9.47 Å². The smallest absolute Gasteiger partial charge is 0.119 e. The van der Waals surface area contributed by atoms with E-state index in [-0.39, 0.29) is 0 Å². The minimum absolute atomic E-state index is 0.804. The van der Waals surface area contributed by atoms with Crippen molar-refractivity contribution in [3.63, 3.8) is 0 Å². The number of fused-ring (bicyclic) bond motifs is 3. The highest BCUT2D eigenvalue weighted by Gasteiger charge is 2.04. The van der Waals surface area contributed by atoms with Gasteiger partial charge in [-0.25, -0.2) is 0 Å². The molecule has 0 spiro atoms. The van der Waals surface area contributed by atoms with Crippen LogP contribution >= 0.6 is 0 Å². The lowest BCUT2D eigenvalue weighted by molar-refractivity contribution is 0.305. The van der Waals surface area contributed by atoms with Gasteiger partial charge in [0, 0.05) is 0 Å². The van der Waals surface area contributed by atoms with Crippen LogP contribution in [0.15, 0.2) is 48.5 Å². The first-order valence-corrected chi connectivity index (χ1v) is 11.0. The molecule has 0 aliphatic carbocycles. The standard InChI is InChI=1S/C26H34O2/c1-3-5-7-9-17-27-23-13-15-25-21(19-23)11-12-22-20-24(14-16-26(22)25)28-18-10-8-6-4-2/h11-16,19-20H,3-10,17-18H2,1-2H3. The summed E-state index contributed by atoms with van der Waals surface area (Å²) in [5.41, 5.74) is 0. The number of unbranched alkanes of at least 4 members (excludes halogenated alkanes) is 6. The van der Waals surface area contributed by atoms with E-state index in [1.54, 1.807) is 0 Å². The predicted molar refractivity (Wildman–Crippen MR) is 121 cm³/mol. The molecule has 0 N–H and O–H groups in total. The van der Waals surface area contributed by atoms with Gasteiger partial charge in [-0.2, -0.15) is 0 Å². The van der Waals surface area contributed by atoms with E-state index in [1.807, 2.05) is 0 Å². The third-order valence-corrected chi connectivity index (χ3v) is 5.31. The Bertz CT molecular complexity index is 796. The average Bonchev–Trinajstić information content (AvgIpc) is 2.73. The molecule has 28 heavy (non-hydrogen) atoms. The lowest BCUT2D eigenvalue weighted by Crippen LogP contribution is -1.97. The molecule has 0 heterocycles. The molecular weight excluding hydrogens is 344 g/mol. The van der Waals surface area contributed by atoms with Gasteiger partial charge in [0.2, 0.25) is 0 Å². The molecule has 0 saturated carbocycles. The first-order valence-electron chi connectivity index (χ1n) is 11.0. The van der Waals surface area contributed by atoms with Gasteiger partial charge in [-0.3, -0.25) is 0 Å². The second-order valence-corrected chi connectivity index (χ2v) is 7.65. The number of rotatable bonds is 12. The Kier molecular flexibility index (Phi) is 8.02. The van der Waals surface area contributed by atoms with Crippen LogP contribution in [0.1, 0.15) is 65.2 Å². The van der Waals surface area contributed by atoms with E-state index >= 15 is 0 Å². The highest BCUT2D eigenvalue weighted by molar-refractivity contribution is 6.08. The Labute approximate surface area is 169 Å². The lowest BCUT2D eigenvalue weighted by Gasteiger charge is -2.11. The van der Waals surface area contributed by atoms with Crippen LogP contribution in [0.25, 0.3) is 21.5 Å². The fourth-order valence-corrected chi connectivity index (χ4v) is 3.64. The molecule has 0 aliphatic rings. The quantitative estimate of drug-likeness (QED) is 0.235. The maximum absolute atomic E-state index is 5.94. The van der Waals surface area contributed by atoms with Crippen molar-refractivity contribution >= 4 is 21.5 Å². The zero-order valence-corrected chi connectivity index (χ0v) is 17.5. The fraction of sp³-hybridized carbons (Fsp3) is 0.462. The highest BCUT2D eigenvalue weighted by atomic mass is 16.5. The molecule has 0 radical (unpaired) electrons. The SMILES string of the molecule is CCCCCCOc1ccc2c(ccc3cc(OCCCCCC)ccc32)c1. The Morgan fingerprint density at radius 3 is 1.43 bits per heavy atom. The van der Waals surface area contributed by atoms with E-state index in [1.165, 1.54) is 60.1 Å². The highest BCUT2D eigenvalue weighted by Crippen LogP contribution is 2.30. The number of ether oxygens (including phenoxy) is 2. The van der Waals surface area contributed by atoms with Crippen molar-refractivity contribution in [2.45, 2.75) is 65.2 Å². The molecule has 3 aromatic carbocycles. The lowest BCUT2D eigenvalue weighted by atomic mass is 10.0. The summed E-state index contributed by atoms with van der Waals surface area (Å²) in [6.07, 6.45) is 9.85. The topological polar surface area (TPSA) is 18.5 Å². The van der Waals surface area contributed by atoms with Crippen molar-refractivity contribution in [3.05, 3.63) is 48.5 Å². The minimum Gasteiger partial charge on any atom is -0.494 e. The summed E-state index contributed by atoms with van der Waals surface area (Å²) in [6, 6.07) is 17.3. The fourth-order valence-electron chi connectivity index (χ4n) is 3.64. The predicted octanol–water partition coefficient (Wildman–Crippen LogP) is 7.91. The molecule has 0 aromatic heterocycles. The van der Waals surface area contributed by atoms with Gasteiger partial charge in [-0.1, -0.05) is 76.6 Å². The van der Waals surface area contributed by atoms with E-state index in [9.17, 15) is 0 Å². The van der Waals surface area contributed by atoms with E-state index in [4.69, 9.17) is 9.47 Å². The van der Waals surface area contributed by atoms with Crippen molar-refractivity contribution in [2.24, 2.45) is 0 Å². The summed E-state index contributed by atoms with van der Waals surface area (Å²) in [5.74, 6) is 1.94. The molecule has 2 nitrogen and oxygen atoms in total. The van der Waals surface area contributed by atoms with Crippen molar-refractivity contribution in [3.8, 4) is 11.5 Å². The monoisotopic (exact) mass is 378 g/mol. The molecule has 0 fully saturated rings. The first-order chi connectivity index (χ1) is 13.8. The maximum atomic E-state index is 5.94. The van der Waals surface area contributed by atoms with Crippen molar-refractivity contribution in [1.29, 1.82) is 0 Å². The van der Waals surface area contributed by atoms with Gasteiger partial charge in [0.1, 0.15) is 11.5 Å². The summed E-state index contributed by atoms with van der Waals surface area (Å²) in [6.45, 7) is 6.07. The third kappa shape index (κ3) is 5.64. The van der Waals surface area contributed by atoms with E-state index < -0.39 is 0 Å². The van der Waals surface area contributed by atoms with Gasteiger partial charge in [0.25, 0.3) is 0 Å². The van der Waals surface area contributed by atoms with Gasteiger partial charge in [0.15, 0.2) is 0 Å².